The van der Waals surface area contributed by atoms with E-state index in [1.165, 1.54) is 0 Å². The Morgan fingerprint density at radius 3 is 1.79 bits per heavy atom. The predicted molar refractivity (Wildman–Crippen MR) is 80.4 cm³/mol. The molecule has 1 unspecified atom stereocenters. The lowest BCUT2D eigenvalue weighted by atomic mass is 9.73. The van der Waals surface area contributed by atoms with Crippen molar-refractivity contribution in [1.29, 1.82) is 0 Å². The molecule has 0 radical (unpaired) electrons. The average Bonchev–Trinajstić information content (AvgIpc) is 2.13. The second-order valence-corrected chi connectivity index (χ2v) is 7.47. The Balaban J connectivity index is 4.59. The van der Waals surface area contributed by atoms with Gasteiger partial charge in [0.2, 0.25) is 0 Å². The second kappa shape index (κ2) is 6.55. The Morgan fingerprint density at radius 2 is 1.42 bits per heavy atom. The lowest BCUT2D eigenvalue weighted by molar-refractivity contribution is -0.167. The molecule has 0 aromatic rings. The van der Waals surface area contributed by atoms with Gasteiger partial charge in [-0.15, -0.1) is 0 Å². The van der Waals surface area contributed by atoms with Gasteiger partial charge in [-0.1, -0.05) is 13.8 Å². The summed E-state index contributed by atoms with van der Waals surface area (Å²) < 4.78 is 12.0. The van der Waals surface area contributed by atoms with E-state index in [0.717, 1.165) is 0 Å². The molecule has 0 heterocycles. The zero-order chi connectivity index (χ0) is 15.5. The highest BCUT2D eigenvalue weighted by Crippen LogP contribution is 2.39. The van der Waals surface area contributed by atoms with Gasteiger partial charge >= 0.3 is 0 Å². The van der Waals surface area contributed by atoms with Crippen molar-refractivity contribution in [2.75, 3.05) is 6.61 Å². The van der Waals surface area contributed by atoms with E-state index in [4.69, 9.17) is 9.47 Å². The molecule has 0 aliphatic carbocycles. The van der Waals surface area contributed by atoms with Crippen LogP contribution in [0.3, 0.4) is 0 Å². The molecule has 0 saturated carbocycles. The van der Waals surface area contributed by atoms with Crippen LogP contribution in [0.2, 0.25) is 0 Å². The summed E-state index contributed by atoms with van der Waals surface area (Å²) in [7, 11) is 0. The van der Waals surface area contributed by atoms with E-state index in [1.807, 2.05) is 0 Å². The normalized spacial score (nSPS) is 15.9. The van der Waals surface area contributed by atoms with Gasteiger partial charge < -0.3 is 14.6 Å². The van der Waals surface area contributed by atoms with E-state index in [0.29, 0.717) is 13.0 Å². The second-order valence-electron chi connectivity index (χ2n) is 7.47. The van der Waals surface area contributed by atoms with Gasteiger partial charge in [0, 0.05) is 5.41 Å². The molecule has 116 valence electrons. The minimum absolute atomic E-state index is 0.102. The van der Waals surface area contributed by atoms with Crippen LogP contribution in [-0.2, 0) is 9.47 Å². The summed E-state index contributed by atoms with van der Waals surface area (Å²) in [4.78, 5) is 0. The Kier molecular flexibility index (Phi) is 6.51. The van der Waals surface area contributed by atoms with Gasteiger partial charge in [0.1, 0.15) is 0 Å². The van der Waals surface area contributed by atoms with Crippen molar-refractivity contribution in [2.45, 2.75) is 92.1 Å². The number of aliphatic hydroxyl groups is 1. The van der Waals surface area contributed by atoms with Crippen molar-refractivity contribution in [2.24, 2.45) is 5.41 Å². The molecule has 0 spiro atoms. The fraction of sp³-hybridized carbons (Fsp3) is 1.00. The average molecular weight is 274 g/mol. The SMILES string of the molecule is CC(C)OC(C)C(C)(C)C(C)(C)OCCC(C)(C)O. The summed E-state index contributed by atoms with van der Waals surface area (Å²) >= 11 is 0. The zero-order valence-electron chi connectivity index (χ0n) is 14.3. The summed E-state index contributed by atoms with van der Waals surface area (Å²) in [5.41, 5.74) is -1.11. The molecule has 1 N–H and O–H groups in total. The van der Waals surface area contributed by atoms with Crippen LogP contribution in [0.1, 0.15) is 68.7 Å². The largest absolute Gasteiger partial charge is 0.390 e. The predicted octanol–water partition coefficient (Wildman–Crippen LogP) is 3.78. The summed E-state index contributed by atoms with van der Waals surface area (Å²) in [6.45, 7) is 18.9. The van der Waals surface area contributed by atoms with Crippen LogP contribution in [-0.4, -0.2) is 35.1 Å². The van der Waals surface area contributed by atoms with Gasteiger partial charge in [0.25, 0.3) is 0 Å². The Morgan fingerprint density at radius 1 is 0.947 bits per heavy atom. The first-order valence-corrected chi connectivity index (χ1v) is 7.31. The van der Waals surface area contributed by atoms with E-state index >= 15 is 0 Å². The third-order valence-electron chi connectivity index (χ3n) is 4.22. The quantitative estimate of drug-likeness (QED) is 0.732. The van der Waals surface area contributed by atoms with E-state index < -0.39 is 5.60 Å². The Bertz CT molecular complexity index is 262. The zero-order valence-corrected chi connectivity index (χ0v) is 14.3. The van der Waals surface area contributed by atoms with E-state index in [-0.39, 0.29) is 23.2 Å². The summed E-state index contributed by atoms with van der Waals surface area (Å²) in [6, 6.07) is 0. The van der Waals surface area contributed by atoms with Gasteiger partial charge in [-0.25, -0.2) is 0 Å². The van der Waals surface area contributed by atoms with E-state index in [9.17, 15) is 5.11 Å². The van der Waals surface area contributed by atoms with Crippen molar-refractivity contribution < 1.29 is 14.6 Å². The number of rotatable bonds is 8. The molecule has 3 heteroatoms. The topological polar surface area (TPSA) is 38.7 Å². The highest BCUT2D eigenvalue weighted by atomic mass is 16.5. The van der Waals surface area contributed by atoms with Crippen LogP contribution in [0.25, 0.3) is 0 Å². The molecule has 0 saturated heterocycles. The lowest BCUT2D eigenvalue weighted by Crippen LogP contribution is -2.50. The third-order valence-corrected chi connectivity index (χ3v) is 4.22. The smallest absolute Gasteiger partial charge is 0.0701 e. The summed E-state index contributed by atoms with van der Waals surface area (Å²) in [5, 5.41) is 9.74. The molecular formula is C16H34O3. The molecule has 0 aliphatic rings. The molecule has 0 rings (SSSR count). The van der Waals surface area contributed by atoms with Crippen LogP contribution < -0.4 is 0 Å². The molecule has 0 aromatic heterocycles. The lowest BCUT2D eigenvalue weighted by Gasteiger charge is -2.46. The third kappa shape index (κ3) is 6.24. The Hall–Kier alpha value is -0.120. The van der Waals surface area contributed by atoms with Crippen LogP contribution >= 0.6 is 0 Å². The number of ether oxygens (including phenoxy) is 2. The maximum absolute atomic E-state index is 9.74. The van der Waals surface area contributed by atoms with Gasteiger partial charge in [0.05, 0.1) is 30.0 Å². The number of hydrogen-bond donors (Lipinski definition) is 1. The van der Waals surface area contributed by atoms with Crippen LogP contribution in [0.15, 0.2) is 0 Å². The van der Waals surface area contributed by atoms with Crippen molar-refractivity contribution >= 4 is 0 Å². The first-order valence-electron chi connectivity index (χ1n) is 7.31. The molecule has 0 bridgehead atoms. The summed E-state index contributed by atoms with van der Waals surface area (Å²) in [6.07, 6.45) is 0.942. The molecule has 1 atom stereocenters. The van der Waals surface area contributed by atoms with E-state index in [2.05, 4.69) is 48.5 Å². The van der Waals surface area contributed by atoms with Crippen molar-refractivity contribution in [3.8, 4) is 0 Å². The minimum atomic E-state index is -0.680. The van der Waals surface area contributed by atoms with Gasteiger partial charge in [-0.3, -0.25) is 0 Å². The van der Waals surface area contributed by atoms with E-state index in [1.54, 1.807) is 13.8 Å². The van der Waals surface area contributed by atoms with Crippen molar-refractivity contribution in [3.05, 3.63) is 0 Å². The standard InChI is InChI=1S/C16H34O3/c1-12(2)19-13(3)15(6,7)16(8,9)18-11-10-14(4,5)17/h12-13,17H,10-11H2,1-9H3. The van der Waals surface area contributed by atoms with Gasteiger partial charge in [-0.05, 0) is 54.9 Å². The highest BCUT2D eigenvalue weighted by molar-refractivity contribution is 4.92. The van der Waals surface area contributed by atoms with Crippen molar-refractivity contribution in [1.82, 2.24) is 0 Å². The Labute approximate surface area is 119 Å². The fourth-order valence-corrected chi connectivity index (χ4v) is 1.81. The van der Waals surface area contributed by atoms with Crippen LogP contribution in [0, 0.1) is 5.41 Å². The number of hydrogen-bond acceptors (Lipinski definition) is 3. The fourth-order valence-electron chi connectivity index (χ4n) is 1.81. The highest BCUT2D eigenvalue weighted by Gasteiger charge is 2.43. The maximum Gasteiger partial charge on any atom is 0.0701 e. The molecule has 19 heavy (non-hydrogen) atoms. The van der Waals surface area contributed by atoms with Gasteiger partial charge in [-0.2, -0.15) is 0 Å². The molecule has 3 nitrogen and oxygen atoms in total. The molecule has 0 amide bonds. The van der Waals surface area contributed by atoms with Crippen LogP contribution in [0.5, 0.6) is 0 Å². The molecule has 0 aromatic carbocycles. The molecule has 0 aliphatic heterocycles. The summed E-state index contributed by atoms with van der Waals surface area (Å²) in [5.74, 6) is 0. The maximum atomic E-state index is 9.74. The first kappa shape index (κ1) is 18.9. The first-order chi connectivity index (χ1) is 8.29. The molecule has 0 fully saturated rings. The minimum Gasteiger partial charge on any atom is -0.390 e. The molecular weight excluding hydrogens is 240 g/mol. The van der Waals surface area contributed by atoms with Gasteiger partial charge in [0.15, 0.2) is 0 Å². The van der Waals surface area contributed by atoms with Crippen LogP contribution in [0.4, 0.5) is 0 Å². The monoisotopic (exact) mass is 274 g/mol. The van der Waals surface area contributed by atoms with Crippen molar-refractivity contribution in [3.63, 3.8) is 0 Å².